The van der Waals surface area contributed by atoms with Crippen molar-refractivity contribution in [2.45, 2.75) is 45.6 Å². The number of hydrogen-bond acceptors (Lipinski definition) is 5. The van der Waals surface area contributed by atoms with Gasteiger partial charge in [0.1, 0.15) is 16.4 Å². The normalized spacial score (nSPS) is 15.9. The number of aromatic amines is 1. The molecule has 0 saturated carbocycles. The monoisotopic (exact) mass is 411 g/mol. The van der Waals surface area contributed by atoms with E-state index in [1.165, 1.54) is 10.4 Å². The van der Waals surface area contributed by atoms with Crippen molar-refractivity contribution in [2.24, 2.45) is 5.92 Å². The molecule has 0 aliphatic heterocycles. The molecular formula is C22H25N3O3S. The van der Waals surface area contributed by atoms with Gasteiger partial charge in [-0.05, 0) is 48.4 Å². The molecule has 6 nitrogen and oxygen atoms in total. The van der Waals surface area contributed by atoms with Crippen LogP contribution in [-0.2, 0) is 30.6 Å². The molecule has 0 saturated heterocycles. The van der Waals surface area contributed by atoms with Crippen molar-refractivity contribution in [1.29, 1.82) is 0 Å². The lowest BCUT2D eigenvalue weighted by Crippen LogP contribution is -2.23. The van der Waals surface area contributed by atoms with Gasteiger partial charge in [0.05, 0.1) is 12.5 Å². The zero-order chi connectivity index (χ0) is 20.4. The Morgan fingerprint density at radius 3 is 3.10 bits per heavy atom. The Bertz CT molecular complexity index is 1100. The minimum Gasteiger partial charge on any atom is -0.497 e. The van der Waals surface area contributed by atoms with Crippen LogP contribution in [0.1, 0.15) is 41.6 Å². The minimum atomic E-state index is -0.0751. The molecule has 0 radical (unpaired) electrons. The average molecular weight is 412 g/mol. The number of ether oxygens (including phenoxy) is 1. The molecule has 1 aromatic carbocycles. The van der Waals surface area contributed by atoms with E-state index in [1.807, 2.05) is 24.3 Å². The molecule has 0 spiro atoms. The predicted molar refractivity (Wildman–Crippen MR) is 115 cm³/mol. The number of amides is 1. The molecule has 0 bridgehead atoms. The molecule has 2 aromatic heterocycles. The number of thiophene rings is 1. The molecule has 7 heteroatoms. The third-order valence-electron chi connectivity index (χ3n) is 5.43. The summed E-state index contributed by atoms with van der Waals surface area (Å²) in [5.74, 6) is 1.92. The molecule has 2 heterocycles. The van der Waals surface area contributed by atoms with Crippen molar-refractivity contribution < 1.29 is 9.53 Å². The lowest BCUT2D eigenvalue weighted by atomic mass is 9.89. The third kappa shape index (κ3) is 4.34. The lowest BCUT2D eigenvalue weighted by molar-refractivity contribution is -0.121. The first-order valence-electron chi connectivity index (χ1n) is 9.96. The number of fused-ring (bicyclic) bond motifs is 3. The van der Waals surface area contributed by atoms with E-state index in [0.29, 0.717) is 24.7 Å². The second-order valence-electron chi connectivity index (χ2n) is 7.67. The summed E-state index contributed by atoms with van der Waals surface area (Å²) >= 11 is 1.63. The molecule has 29 heavy (non-hydrogen) atoms. The summed E-state index contributed by atoms with van der Waals surface area (Å²) in [6.07, 6.45) is 3.78. The van der Waals surface area contributed by atoms with Crippen molar-refractivity contribution in [2.75, 3.05) is 7.11 Å². The first kappa shape index (κ1) is 19.6. The first-order chi connectivity index (χ1) is 14.0. The maximum absolute atomic E-state index is 12.6. The van der Waals surface area contributed by atoms with E-state index in [1.54, 1.807) is 18.4 Å². The molecule has 3 aromatic rings. The number of aromatic nitrogens is 2. The van der Waals surface area contributed by atoms with Crippen LogP contribution >= 0.6 is 11.3 Å². The molecule has 1 atom stereocenters. The second-order valence-corrected chi connectivity index (χ2v) is 8.76. The van der Waals surface area contributed by atoms with Gasteiger partial charge in [-0.25, -0.2) is 4.98 Å². The zero-order valence-corrected chi connectivity index (χ0v) is 17.5. The Balaban J connectivity index is 1.40. The van der Waals surface area contributed by atoms with E-state index < -0.39 is 0 Å². The average Bonchev–Trinajstić information content (AvgIpc) is 3.08. The molecule has 1 amide bonds. The van der Waals surface area contributed by atoms with Gasteiger partial charge in [-0.1, -0.05) is 19.1 Å². The van der Waals surface area contributed by atoms with Crippen molar-refractivity contribution in [3.05, 3.63) is 56.4 Å². The number of methoxy groups -OCH3 is 1. The second kappa shape index (κ2) is 8.37. The molecule has 4 rings (SSSR count). The van der Waals surface area contributed by atoms with E-state index in [9.17, 15) is 9.59 Å². The summed E-state index contributed by atoms with van der Waals surface area (Å²) in [6, 6.07) is 7.60. The molecule has 1 aliphatic carbocycles. The van der Waals surface area contributed by atoms with Gasteiger partial charge in [-0.2, -0.15) is 0 Å². The molecular weight excluding hydrogens is 386 g/mol. The number of nitrogens with one attached hydrogen (secondary N) is 2. The smallest absolute Gasteiger partial charge is 0.259 e. The molecule has 2 N–H and O–H groups in total. The van der Waals surface area contributed by atoms with Gasteiger partial charge in [-0.3, -0.25) is 9.59 Å². The Morgan fingerprint density at radius 1 is 1.41 bits per heavy atom. The fraction of sp³-hybridized carbons (Fsp3) is 0.409. The van der Waals surface area contributed by atoms with Gasteiger partial charge in [0, 0.05) is 24.3 Å². The largest absolute Gasteiger partial charge is 0.497 e. The van der Waals surface area contributed by atoms with Crippen LogP contribution in [0.5, 0.6) is 5.75 Å². The summed E-state index contributed by atoms with van der Waals surface area (Å²) in [4.78, 5) is 34.5. The number of hydrogen-bond donors (Lipinski definition) is 2. The molecule has 1 aliphatic rings. The van der Waals surface area contributed by atoms with Crippen LogP contribution in [0.15, 0.2) is 29.1 Å². The van der Waals surface area contributed by atoms with Crippen molar-refractivity contribution in [3.63, 3.8) is 0 Å². The van der Waals surface area contributed by atoms with Gasteiger partial charge in [0.25, 0.3) is 5.56 Å². The lowest BCUT2D eigenvalue weighted by Gasteiger charge is -2.17. The summed E-state index contributed by atoms with van der Waals surface area (Å²) in [5.41, 5.74) is 2.08. The van der Waals surface area contributed by atoms with Crippen LogP contribution in [0.4, 0.5) is 0 Å². The van der Waals surface area contributed by atoms with Gasteiger partial charge in [-0.15, -0.1) is 11.3 Å². The van der Waals surface area contributed by atoms with E-state index >= 15 is 0 Å². The molecule has 152 valence electrons. The maximum atomic E-state index is 12.6. The number of aryl methyl sites for hydroxylation is 2. The van der Waals surface area contributed by atoms with E-state index in [-0.39, 0.29) is 17.9 Å². The highest BCUT2D eigenvalue weighted by Crippen LogP contribution is 2.35. The van der Waals surface area contributed by atoms with Crippen molar-refractivity contribution in [1.82, 2.24) is 15.3 Å². The predicted octanol–water partition coefficient (Wildman–Crippen LogP) is 3.37. The third-order valence-corrected chi connectivity index (χ3v) is 6.58. The summed E-state index contributed by atoms with van der Waals surface area (Å²) in [6.45, 7) is 2.69. The number of nitrogens with zero attached hydrogens (tertiary/aromatic N) is 1. The summed E-state index contributed by atoms with van der Waals surface area (Å²) in [7, 11) is 1.62. The number of carbonyl (C=O) groups excluding carboxylic acids is 1. The van der Waals surface area contributed by atoms with Crippen molar-refractivity contribution >= 4 is 27.5 Å². The number of H-pyrrole nitrogens is 1. The Labute approximate surface area is 173 Å². The van der Waals surface area contributed by atoms with E-state index in [4.69, 9.17) is 4.74 Å². The van der Waals surface area contributed by atoms with Gasteiger partial charge >= 0.3 is 0 Å². The zero-order valence-electron chi connectivity index (χ0n) is 16.7. The Hall–Kier alpha value is -2.67. The van der Waals surface area contributed by atoms with Gasteiger partial charge in [0.15, 0.2) is 0 Å². The molecule has 0 unspecified atom stereocenters. The highest BCUT2D eigenvalue weighted by Gasteiger charge is 2.23. The Morgan fingerprint density at radius 2 is 2.28 bits per heavy atom. The minimum absolute atomic E-state index is 0.0742. The standard InChI is InChI=1S/C22H25N3O3S/c1-13-6-7-16-17(10-13)29-22-20(16)21(27)24-18(25-22)8-9-19(26)23-12-14-4-3-5-15(11-14)28-2/h3-5,11,13H,6-10,12H2,1-2H3,(H,23,26)(H,24,25,27)/t13-/m1/s1. The van der Waals surface area contributed by atoms with Crippen LogP contribution in [0.2, 0.25) is 0 Å². The van der Waals surface area contributed by atoms with Crippen LogP contribution in [0, 0.1) is 5.92 Å². The van der Waals surface area contributed by atoms with E-state index in [2.05, 4.69) is 22.2 Å². The van der Waals surface area contributed by atoms with E-state index in [0.717, 1.165) is 40.8 Å². The van der Waals surface area contributed by atoms with Crippen LogP contribution in [-0.4, -0.2) is 23.0 Å². The summed E-state index contributed by atoms with van der Waals surface area (Å²) < 4.78 is 5.20. The molecule has 0 fully saturated rings. The van der Waals surface area contributed by atoms with Crippen LogP contribution in [0.25, 0.3) is 10.2 Å². The Kier molecular flexibility index (Phi) is 5.67. The highest BCUT2D eigenvalue weighted by atomic mass is 32.1. The van der Waals surface area contributed by atoms with Crippen LogP contribution < -0.4 is 15.6 Å². The quantitative estimate of drug-likeness (QED) is 0.651. The summed E-state index contributed by atoms with van der Waals surface area (Å²) in [5, 5.41) is 3.66. The van der Waals surface area contributed by atoms with Gasteiger partial charge < -0.3 is 15.0 Å². The SMILES string of the molecule is COc1cccc(CNC(=O)CCc2nc3sc4c(c3c(=O)[nH]2)CC[C@@H](C)C4)c1. The highest BCUT2D eigenvalue weighted by molar-refractivity contribution is 7.18. The van der Waals surface area contributed by atoms with Crippen LogP contribution in [0.3, 0.4) is 0 Å². The number of carbonyl (C=O) groups is 1. The fourth-order valence-corrected chi connectivity index (χ4v) is 5.22. The topological polar surface area (TPSA) is 84.1 Å². The number of rotatable bonds is 6. The van der Waals surface area contributed by atoms with Gasteiger partial charge in [0.2, 0.25) is 5.91 Å². The maximum Gasteiger partial charge on any atom is 0.259 e. The first-order valence-corrected chi connectivity index (χ1v) is 10.8. The number of benzene rings is 1. The van der Waals surface area contributed by atoms with Crippen molar-refractivity contribution in [3.8, 4) is 5.75 Å². The fourth-order valence-electron chi connectivity index (χ4n) is 3.82.